The number of nitrogens with zero attached hydrogens (tertiary/aromatic N) is 1. The smallest absolute Gasteiger partial charge is 0.246 e. The van der Waals surface area contributed by atoms with Crippen molar-refractivity contribution in [1.82, 2.24) is 4.31 Å². The zero-order valence-electron chi connectivity index (χ0n) is 10.3. The van der Waals surface area contributed by atoms with Crippen molar-refractivity contribution in [1.29, 1.82) is 0 Å². The van der Waals surface area contributed by atoms with Gasteiger partial charge in [-0.1, -0.05) is 0 Å². The largest absolute Gasteiger partial charge is 0.495 e. The lowest BCUT2D eigenvalue weighted by Gasteiger charge is -2.37. The number of nitrogens with two attached hydrogens (primary N) is 1. The lowest BCUT2D eigenvalue weighted by atomic mass is 10.1. The van der Waals surface area contributed by atoms with Gasteiger partial charge >= 0.3 is 0 Å². The molecule has 3 N–H and O–H groups in total. The standard InChI is InChI=1S/C11H15BrN2O4S/c1-18-10-2-8(12)9(13)3-11(10)19(16,17)14-4-7(5-14)6-15/h2-3,7,15H,4-6,13H2,1H3. The number of aliphatic hydroxyl groups is 1. The molecular weight excluding hydrogens is 336 g/mol. The summed E-state index contributed by atoms with van der Waals surface area (Å²) in [7, 11) is -2.22. The van der Waals surface area contributed by atoms with Gasteiger partial charge in [-0.15, -0.1) is 0 Å². The van der Waals surface area contributed by atoms with Gasteiger partial charge in [0.1, 0.15) is 10.6 Å². The highest BCUT2D eigenvalue weighted by molar-refractivity contribution is 9.10. The zero-order valence-corrected chi connectivity index (χ0v) is 12.7. The number of anilines is 1. The Bertz CT molecular complexity index is 585. The van der Waals surface area contributed by atoms with E-state index in [9.17, 15) is 8.42 Å². The Hall–Kier alpha value is -0.830. The van der Waals surface area contributed by atoms with Gasteiger partial charge in [0.05, 0.1) is 7.11 Å². The summed E-state index contributed by atoms with van der Waals surface area (Å²) in [5.41, 5.74) is 6.06. The summed E-state index contributed by atoms with van der Waals surface area (Å²) < 4.78 is 31.8. The molecule has 1 aromatic rings. The predicted molar refractivity (Wildman–Crippen MR) is 74.4 cm³/mol. The van der Waals surface area contributed by atoms with Crippen LogP contribution in [0.1, 0.15) is 0 Å². The van der Waals surface area contributed by atoms with E-state index in [0.717, 1.165) is 0 Å². The van der Waals surface area contributed by atoms with Crippen LogP contribution in [0.5, 0.6) is 5.75 Å². The van der Waals surface area contributed by atoms with Crippen LogP contribution in [0.2, 0.25) is 0 Å². The van der Waals surface area contributed by atoms with E-state index in [2.05, 4.69) is 15.9 Å². The van der Waals surface area contributed by atoms with Crippen LogP contribution < -0.4 is 10.5 Å². The minimum atomic E-state index is -3.63. The maximum atomic E-state index is 12.4. The van der Waals surface area contributed by atoms with Crippen molar-refractivity contribution >= 4 is 31.6 Å². The molecule has 0 spiro atoms. The molecule has 1 fully saturated rings. The van der Waals surface area contributed by atoms with E-state index in [1.165, 1.54) is 23.5 Å². The lowest BCUT2D eigenvalue weighted by molar-refractivity contribution is 0.117. The van der Waals surface area contributed by atoms with Gasteiger partial charge in [0.15, 0.2) is 0 Å². The average Bonchev–Trinajstić information content (AvgIpc) is 2.30. The second-order valence-electron chi connectivity index (χ2n) is 4.40. The highest BCUT2D eigenvalue weighted by Gasteiger charge is 2.38. The first kappa shape index (κ1) is 14.6. The van der Waals surface area contributed by atoms with E-state index < -0.39 is 10.0 Å². The first-order chi connectivity index (χ1) is 8.90. The van der Waals surface area contributed by atoms with Crippen molar-refractivity contribution in [3.05, 3.63) is 16.6 Å². The molecule has 1 aliphatic heterocycles. The summed E-state index contributed by atoms with van der Waals surface area (Å²) >= 11 is 3.23. The molecule has 0 atom stereocenters. The van der Waals surface area contributed by atoms with E-state index in [0.29, 0.717) is 23.2 Å². The first-order valence-electron chi connectivity index (χ1n) is 5.64. The number of rotatable bonds is 4. The highest BCUT2D eigenvalue weighted by Crippen LogP contribution is 2.35. The van der Waals surface area contributed by atoms with Crippen LogP contribution in [-0.2, 0) is 10.0 Å². The molecule has 2 rings (SSSR count). The number of methoxy groups -OCH3 is 1. The molecule has 6 nitrogen and oxygen atoms in total. The monoisotopic (exact) mass is 350 g/mol. The molecule has 0 aromatic heterocycles. The fourth-order valence-corrected chi connectivity index (χ4v) is 3.97. The SMILES string of the molecule is COc1cc(Br)c(N)cc1S(=O)(=O)N1CC(CO)C1. The van der Waals surface area contributed by atoms with E-state index in [4.69, 9.17) is 15.6 Å². The second kappa shape index (κ2) is 5.28. The van der Waals surface area contributed by atoms with Crippen molar-refractivity contribution in [2.24, 2.45) is 5.92 Å². The maximum absolute atomic E-state index is 12.4. The van der Waals surface area contributed by atoms with Gasteiger partial charge in [0.2, 0.25) is 10.0 Å². The van der Waals surface area contributed by atoms with Crippen LogP contribution >= 0.6 is 15.9 Å². The van der Waals surface area contributed by atoms with Crippen molar-refractivity contribution in [3.63, 3.8) is 0 Å². The Kier molecular flexibility index (Phi) is 4.05. The topological polar surface area (TPSA) is 92.9 Å². The quantitative estimate of drug-likeness (QED) is 0.777. The Morgan fingerprint density at radius 3 is 2.68 bits per heavy atom. The molecule has 0 unspecified atom stereocenters. The maximum Gasteiger partial charge on any atom is 0.246 e. The third kappa shape index (κ3) is 2.58. The molecule has 19 heavy (non-hydrogen) atoms. The number of benzene rings is 1. The third-order valence-corrected chi connectivity index (χ3v) is 5.62. The normalized spacial score (nSPS) is 17.2. The number of ether oxygens (including phenoxy) is 1. The van der Waals surface area contributed by atoms with Crippen LogP contribution in [0.3, 0.4) is 0 Å². The van der Waals surface area contributed by atoms with Crippen LogP contribution in [0.15, 0.2) is 21.5 Å². The van der Waals surface area contributed by atoms with Crippen LogP contribution in [-0.4, -0.2) is 44.6 Å². The van der Waals surface area contributed by atoms with E-state index >= 15 is 0 Å². The second-order valence-corrected chi connectivity index (χ2v) is 7.16. The van der Waals surface area contributed by atoms with Crippen LogP contribution in [0, 0.1) is 5.92 Å². The molecule has 1 saturated heterocycles. The first-order valence-corrected chi connectivity index (χ1v) is 7.87. The van der Waals surface area contributed by atoms with E-state index in [1.807, 2.05) is 0 Å². The van der Waals surface area contributed by atoms with Crippen molar-refractivity contribution in [3.8, 4) is 5.75 Å². The average molecular weight is 351 g/mol. The summed E-state index contributed by atoms with van der Waals surface area (Å²) in [4.78, 5) is 0.0482. The van der Waals surface area contributed by atoms with Gasteiger partial charge in [-0.05, 0) is 28.1 Å². The van der Waals surface area contributed by atoms with Gasteiger partial charge in [0.25, 0.3) is 0 Å². The highest BCUT2D eigenvalue weighted by atomic mass is 79.9. The number of hydrogen-bond acceptors (Lipinski definition) is 5. The molecule has 0 aliphatic carbocycles. The lowest BCUT2D eigenvalue weighted by Crippen LogP contribution is -2.51. The number of nitrogen functional groups attached to an aromatic ring is 1. The van der Waals surface area contributed by atoms with Gasteiger partial charge in [0, 0.05) is 35.8 Å². The summed E-state index contributed by atoms with van der Waals surface area (Å²) in [5, 5.41) is 8.95. The molecular formula is C11H15BrN2O4S. The number of sulfonamides is 1. The number of hydrogen-bond donors (Lipinski definition) is 2. The van der Waals surface area contributed by atoms with Gasteiger partial charge in [-0.2, -0.15) is 4.31 Å². The molecule has 1 aromatic carbocycles. The molecule has 0 saturated carbocycles. The number of aliphatic hydroxyl groups excluding tert-OH is 1. The molecule has 0 bridgehead atoms. The predicted octanol–water partition coefficient (Wildman–Crippen LogP) is 0.653. The van der Waals surface area contributed by atoms with Crippen molar-refractivity contribution in [2.45, 2.75) is 4.90 Å². The van der Waals surface area contributed by atoms with E-state index in [1.54, 1.807) is 0 Å². The summed E-state index contributed by atoms with van der Waals surface area (Å²) in [6.45, 7) is 0.627. The minimum absolute atomic E-state index is 0.00793. The Morgan fingerprint density at radius 2 is 2.16 bits per heavy atom. The van der Waals surface area contributed by atoms with Crippen molar-refractivity contribution < 1.29 is 18.3 Å². The Morgan fingerprint density at radius 1 is 1.53 bits per heavy atom. The molecule has 1 heterocycles. The molecule has 8 heteroatoms. The van der Waals surface area contributed by atoms with Crippen LogP contribution in [0.4, 0.5) is 5.69 Å². The number of halogens is 1. The van der Waals surface area contributed by atoms with Crippen molar-refractivity contribution in [2.75, 3.05) is 32.5 Å². The molecule has 0 radical (unpaired) electrons. The van der Waals surface area contributed by atoms with Gasteiger partial charge in [-0.25, -0.2) is 8.42 Å². The summed E-state index contributed by atoms with van der Waals surface area (Å²) in [6, 6.07) is 2.91. The molecule has 1 aliphatic rings. The third-order valence-electron chi connectivity index (χ3n) is 3.08. The fourth-order valence-electron chi connectivity index (χ4n) is 1.89. The van der Waals surface area contributed by atoms with Gasteiger partial charge in [-0.3, -0.25) is 0 Å². The fraction of sp³-hybridized carbons (Fsp3) is 0.455. The summed E-state index contributed by atoms with van der Waals surface area (Å²) in [6.07, 6.45) is 0. The summed E-state index contributed by atoms with van der Waals surface area (Å²) in [5.74, 6) is 0.252. The van der Waals surface area contributed by atoms with Crippen LogP contribution in [0.25, 0.3) is 0 Å². The Labute approximate surface area is 120 Å². The van der Waals surface area contributed by atoms with Gasteiger partial charge < -0.3 is 15.6 Å². The zero-order chi connectivity index (χ0) is 14.2. The van der Waals surface area contributed by atoms with E-state index in [-0.39, 0.29) is 23.2 Å². The Balaban J connectivity index is 2.38. The minimum Gasteiger partial charge on any atom is -0.495 e. The molecule has 106 valence electrons. The molecule has 0 amide bonds.